The minimum atomic E-state index is -4.48. The van der Waals surface area contributed by atoms with Crippen molar-refractivity contribution >= 4 is 38.6 Å². The van der Waals surface area contributed by atoms with E-state index in [1.165, 1.54) is 29.0 Å². The summed E-state index contributed by atoms with van der Waals surface area (Å²) in [4.78, 5) is 20.5. The maximum atomic E-state index is 13.0. The summed E-state index contributed by atoms with van der Waals surface area (Å²) < 4.78 is 40.6. The number of pyridine rings is 1. The normalized spacial score (nSPS) is 11.7. The van der Waals surface area contributed by atoms with E-state index in [0.717, 1.165) is 12.5 Å². The number of fused-ring (bicyclic) bond motifs is 1. The van der Waals surface area contributed by atoms with Gasteiger partial charge < -0.3 is 5.32 Å². The average Bonchev–Trinajstić information content (AvgIpc) is 2.58. The topological polar surface area (TPSA) is 59.8 Å². The molecule has 26 heavy (non-hydrogen) atoms. The molecule has 2 heterocycles. The van der Waals surface area contributed by atoms with E-state index in [4.69, 9.17) is 0 Å². The molecule has 0 fully saturated rings. The van der Waals surface area contributed by atoms with Gasteiger partial charge in [-0.1, -0.05) is 22.9 Å². The fourth-order valence-corrected chi connectivity index (χ4v) is 2.99. The van der Waals surface area contributed by atoms with Crippen LogP contribution < -0.4 is 10.9 Å². The van der Waals surface area contributed by atoms with E-state index in [9.17, 15) is 18.0 Å². The number of hydrogen-bond donors (Lipinski definition) is 1. The van der Waals surface area contributed by atoms with Crippen LogP contribution >= 0.6 is 15.9 Å². The highest BCUT2D eigenvalue weighted by Gasteiger charge is 2.33. The molecule has 2 aromatic heterocycles. The Balaban J connectivity index is 2.02. The van der Waals surface area contributed by atoms with Crippen LogP contribution in [0.5, 0.6) is 0 Å². The van der Waals surface area contributed by atoms with Gasteiger partial charge in [-0.2, -0.15) is 18.2 Å². The average molecular weight is 427 g/mol. The predicted octanol–water partition coefficient (Wildman–Crippen LogP) is 4.73. The predicted molar refractivity (Wildman–Crippen MR) is 96.5 cm³/mol. The quantitative estimate of drug-likeness (QED) is 0.655. The summed E-state index contributed by atoms with van der Waals surface area (Å²) in [5.41, 5.74) is -0.358. The second-order valence-corrected chi connectivity index (χ2v) is 6.47. The molecule has 0 bridgehead atoms. The number of halogens is 4. The molecule has 0 aliphatic rings. The maximum Gasteiger partial charge on any atom is 0.417 e. The number of alkyl halides is 3. The third-order valence-corrected chi connectivity index (χ3v) is 4.39. The van der Waals surface area contributed by atoms with Crippen LogP contribution in [-0.4, -0.2) is 14.5 Å². The number of nitrogens with one attached hydrogen (secondary N) is 1. The van der Waals surface area contributed by atoms with Crippen LogP contribution in [0.4, 0.5) is 24.8 Å². The first-order valence-electron chi connectivity index (χ1n) is 7.80. The number of nitrogens with zero attached hydrogens (tertiary/aromatic N) is 3. The Morgan fingerprint density at radius 1 is 1.23 bits per heavy atom. The Morgan fingerprint density at radius 2 is 2.00 bits per heavy atom. The molecule has 9 heteroatoms. The van der Waals surface area contributed by atoms with Gasteiger partial charge >= 0.3 is 6.18 Å². The lowest BCUT2D eigenvalue weighted by Crippen LogP contribution is -2.20. The molecule has 1 aromatic carbocycles. The zero-order valence-electron chi connectivity index (χ0n) is 13.6. The SMILES string of the molecule is CCCn1c(=O)ccc2cnc(Nc3ccc(Br)c(C(F)(F)F)c3)nc21. The van der Waals surface area contributed by atoms with Crippen molar-refractivity contribution in [1.29, 1.82) is 0 Å². The van der Waals surface area contributed by atoms with Crippen molar-refractivity contribution < 1.29 is 13.2 Å². The molecule has 1 N–H and O–H groups in total. The summed E-state index contributed by atoms with van der Waals surface area (Å²) in [5.74, 6) is 0.114. The highest BCUT2D eigenvalue weighted by Crippen LogP contribution is 2.36. The Morgan fingerprint density at radius 3 is 2.69 bits per heavy atom. The molecular formula is C17H14BrF3N4O. The largest absolute Gasteiger partial charge is 0.417 e. The zero-order chi connectivity index (χ0) is 18.9. The minimum absolute atomic E-state index is 0.0493. The van der Waals surface area contributed by atoms with Crippen LogP contribution in [0, 0.1) is 0 Å². The Kier molecular flexibility index (Phi) is 4.99. The molecule has 0 amide bonds. The molecule has 0 radical (unpaired) electrons. The Bertz CT molecular complexity index is 1020. The molecule has 0 aliphatic carbocycles. The fourth-order valence-electron chi connectivity index (χ4n) is 2.52. The van der Waals surface area contributed by atoms with Crippen molar-refractivity contribution in [2.45, 2.75) is 26.1 Å². The van der Waals surface area contributed by atoms with Gasteiger partial charge in [-0.05, 0) is 30.7 Å². The van der Waals surface area contributed by atoms with Gasteiger partial charge in [-0.25, -0.2) is 4.98 Å². The molecule has 3 rings (SSSR count). The third kappa shape index (κ3) is 3.72. The van der Waals surface area contributed by atoms with Crippen LogP contribution in [0.1, 0.15) is 18.9 Å². The number of aromatic nitrogens is 3. The molecule has 0 atom stereocenters. The maximum absolute atomic E-state index is 13.0. The smallest absolute Gasteiger partial charge is 0.324 e. The highest BCUT2D eigenvalue weighted by molar-refractivity contribution is 9.10. The van der Waals surface area contributed by atoms with E-state index >= 15 is 0 Å². The molecular weight excluding hydrogens is 413 g/mol. The van der Waals surface area contributed by atoms with Gasteiger partial charge in [0.05, 0.1) is 5.56 Å². The number of benzene rings is 1. The van der Waals surface area contributed by atoms with E-state index in [2.05, 4.69) is 31.2 Å². The van der Waals surface area contributed by atoms with Crippen LogP contribution in [0.15, 0.2) is 45.8 Å². The van der Waals surface area contributed by atoms with E-state index in [-0.39, 0.29) is 21.7 Å². The zero-order valence-corrected chi connectivity index (χ0v) is 15.2. The van der Waals surface area contributed by atoms with Gasteiger partial charge in [0, 0.05) is 34.4 Å². The first-order valence-corrected chi connectivity index (χ1v) is 8.59. The van der Waals surface area contributed by atoms with Crippen LogP contribution in [0.3, 0.4) is 0 Å². The first kappa shape index (κ1) is 18.4. The van der Waals surface area contributed by atoms with Crippen molar-refractivity contribution in [3.05, 3.63) is 56.9 Å². The summed E-state index contributed by atoms with van der Waals surface area (Å²) in [6.45, 7) is 2.43. The number of hydrogen-bond acceptors (Lipinski definition) is 4. The molecule has 0 unspecified atom stereocenters. The molecule has 0 spiro atoms. The summed E-state index contributed by atoms with van der Waals surface area (Å²) >= 11 is 2.90. The summed E-state index contributed by atoms with van der Waals surface area (Å²) in [6.07, 6.45) is -2.21. The van der Waals surface area contributed by atoms with E-state index < -0.39 is 11.7 Å². The molecule has 136 valence electrons. The van der Waals surface area contributed by atoms with Gasteiger partial charge in [0.1, 0.15) is 5.65 Å². The van der Waals surface area contributed by atoms with Crippen LogP contribution in [0.2, 0.25) is 0 Å². The van der Waals surface area contributed by atoms with Crippen molar-refractivity contribution in [3.63, 3.8) is 0 Å². The van der Waals surface area contributed by atoms with Crippen molar-refractivity contribution in [2.75, 3.05) is 5.32 Å². The van der Waals surface area contributed by atoms with Gasteiger partial charge in [-0.3, -0.25) is 9.36 Å². The fraction of sp³-hybridized carbons (Fsp3) is 0.235. The van der Waals surface area contributed by atoms with Gasteiger partial charge in [0.15, 0.2) is 0 Å². The third-order valence-electron chi connectivity index (χ3n) is 3.70. The molecule has 3 aromatic rings. The van der Waals surface area contributed by atoms with Crippen molar-refractivity contribution in [2.24, 2.45) is 0 Å². The monoisotopic (exact) mass is 426 g/mol. The van der Waals surface area contributed by atoms with E-state index in [1.807, 2.05) is 6.92 Å². The van der Waals surface area contributed by atoms with Crippen molar-refractivity contribution in [1.82, 2.24) is 14.5 Å². The van der Waals surface area contributed by atoms with E-state index in [1.54, 1.807) is 6.07 Å². The minimum Gasteiger partial charge on any atom is -0.324 e. The summed E-state index contributed by atoms with van der Waals surface area (Å²) in [7, 11) is 0. The molecule has 5 nitrogen and oxygen atoms in total. The first-order chi connectivity index (χ1) is 12.3. The lowest BCUT2D eigenvalue weighted by Gasteiger charge is -2.13. The number of aryl methyl sites for hydroxylation is 1. The van der Waals surface area contributed by atoms with Crippen LogP contribution in [-0.2, 0) is 12.7 Å². The van der Waals surface area contributed by atoms with Crippen molar-refractivity contribution in [3.8, 4) is 0 Å². The van der Waals surface area contributed by atoms with Gasteiger partial charge in [0.25, 0.3) is 5.56 Å². The Hall–Kier alpha value is -2.42. The standard InChI is InChI=1S/C17H14BrF3N4O/c1-2-7-25-14(26)6-3-10-9-22-16(24-15(10)25)23-11-4-5-13(18)12(8-11)17(19,20)21/h3-6,8-9H,2,7H2,1H3,(H,22,23,24). The summed E-state index contributed by atoms with van der Waals surface area (Å²) in [5, 5.41) is 3.44. The lowest BCUT2D eigenvalue weighted by atomic mass is 10.2. The van der Waals surface area contributed by atoms with Gasteiger partial charge in [0.2, 0.25) is 5.95 Å². The Labute approximate surface area is 155 Å². The molecule has 0 saturated heterocycles. The second kappa shape index (κ2) is 7.06. The van der Waals surface area contributed by atoms with Gasteiger partial charge in [-0.15, -0.1) is 0 Å². The van der Waals surface area contributed by atoms with Crippen LogP contribution in [0.25, 0.3) is 11.0 Å². The summed E-state index contributed by atoms with van der Waals surface area (Å²) in [6, 6.07) is 6.83. The van der Waals surface area contributed by atoms with E-state index in [0.29, 0.717) is 17.6 Å². The highest BCUT2D eigenvalue weighted by atomic mass is 79.9. The number of rotatable bonds is 4. The lowest BCUT2D eigenvalue weighted by molar-refractivity contribution is -0.138. The molecule has 0 aliphatic heterocycles. The second-order valence-electron chi connectivity index (χ2n) is 5.61. The molecule has 0 saturated carbocycles. The number of anilines is 2.